The van der Waals surface area contributed by atoms with E-state index in [-0.39, 0.29) is 5.91 Å². The molecule has 1 aromatic heterocycles. The first kappa shape index (κ1) is 11.9. The highest BCUT2D eigenvalue weighted by atomic mass is 16.5. The highest BCUT2D eigenvalue weighted by Gasteiger charge is 2.15. The number of morpholine rings is 1. The first-order valence-electron chi connectivity index (χ1n) is 5.67. The van der Waals surface area contributed by atoms with Crippen LogP contribution in [0.25, 0.3) is 0 Å². The molecule has 1 aliphatic rings. The van der Waals surface area contributed by atoms with Crippen molar-refractivity contribution in [1.29, 1.82) is 0 Å². The lowest BCUT2D eigenvalue weighted by molar-refractivity contribution is -0.134. The van der Waals surface area contributed by atoms with Gasteiger partial charge in [0.25, 0.3) is 0 Å². The monoisotopic (exact) mass is 236 g/mol. The topological polar surface area (TPSA) is 67.4 Å². The number of amides is 1. The van der Waals surface area contributed by atoms with Crippen LogP contribution in [0.5, 0.6) is 0 Å². The molecule has 0 aliphatic carbocycles. The summed E-state index contributed by atoms with van der Waals surface area (Å²) in [5.74, 6) is 0.113. The van der Waals surface area contributed by atoms with Crippen molar-refractivity contribution in [3.8, 4) is 0 Å². The second-order valence-corrected chi connectivity index (χ2v) is 3.80. The third-order valence-corrected chi connectivity index (χ3v) is 2.59. The van der Waals surface area contributed by atoms with Crippen LogP contribution in [-0.4, -0.2) is 53.6 Å². The van der Waals surface area contributed by atoms with Gasteiger partial charge >= 0.3 is 0 Å². The summed E-state index contributed by atoms with van der Waals surface area (Å²) in [5.41, 5.74) is 0.884. The Balaban J connectivity index is 1.69. The molecule has 2 rings (SSSR count). The molecule has 1 amide bonds. The Labute approximate surface area is 100 Å². The van der Waals surface area contributed by atoms with Gasteiger partial charge in [0.15, 0.2) is 0 Å². The van der Waals surface area contributed by atoms with E-state index in [1.54, 1.807) is 6.20 Å². The van der Waals surface area contributed by atoms with E-state index >= 15 is 0 Å². The van der Waals surface area contributed by atoms with Crippen LogP contribution in [0.1, 0.15) is 5.69 Å². The molecule has 0 radical (unpaired) electrons. The normalized spacial score (nSPS) is 15.9. The Bertz CT molecular complexity index is 352. The number of nitrogens with zero attached hydrogens (tertiary/aromatic N) is 3. The van der Waals surface area contributed by atoms with Crippen molar-refractivity contribution in [3.63, 3.8) is 0 Å². The average Bonchev–Trinajstić information content (AvgIpc) is 2.41. The zero-order valence-corrected chi connectivity index (χ0v) is 9.63. The number of carbonyl (C=O) groups is 1. The van der Waals surface area contributed by atoms with Crippen LogP contribution >= 0.6 is 0 Å². The lowest BCUT2D eigenvalue weighted by atomic mass is 10.3. The van der Waals surface area contributed by atoms with Gasteiger partial charge in [-0.15, -0.1) is 0 Å². The van der Waals surface area contributed by atoms with Crippen molar-refractivity contribution in [2.45, 2.75) is 6.54 Å². The SMILES string of the molecule is O=C(CNCc1ccncn1)N1CCOCC1. The van der Waals surface area contributed by atoms with Gasteiger partial charge < -0.3 is 15.0 Å². The van der Waals surface area contributed by atoms with Gasteiger partial charge in [0.05, 0.1) is 25.5 Å². The van der Waals surface area contributed by atoms with Crippen LogP contribution < -0.4 is 5.32 Å². The molecule has 17 heavy (non-hydrogen) atoms. The summed E-state index contributed by atoms with van der Waals surface area (Å²) in [6.45, 7) is 3.57. The number of carbonyl (C=O) groups excluding carboxylic acids is 1. The molecular weight excluding hydrogens is 220 g/mol. The molecule has 6 heteroatoms. The zero-order valence-electron chi connectivity index (χ0n) is 9.63. The summed E-state index contributed by atoms with van der Waals surface area (Å²) >= 11 is 0. The highest BCUT2D eigenvalue weighted by Crippen LogP contribution is 1.97. The first-order valence-corrected chi connectivity index (χ1v) is 5.67. The van der Waals surface area contributed by atoms with E-state index in [1.165, 1.54) is 6.33 Å². The standard InChI is InChI=1S/C11H16N4O2/c16-11(15-3-5-17-6-4-15)8-13-7-10-1-2-12-9-14-10/h1-2,9,13H,3-8H2. The number of aromatic nitrogens is 2. The van der Waals surface area contributed by atoms with Crippen LogP contribution in [0.4, 0.5) is 0 Å². The lowest BCUT2D eigenvalue weighted by Gasteiger charge is -2.26. The highest BCUT2D eigenvalue weighted by molar-refractivity contribution is 5.78. The van der Waals surface area contributed by atoms with Crippen molar-refractivity contribution < 1.29 is 9.53 Å². The van der Waals surface area contributed by atoms with E-state index in [2.05, 4.69) is 15.3 Å². The van der Waals surface area contributed by atoms with Gasteiger partial charge in [-0.1, -0.05) is 0 Å². The van der Waals surface area contributed by atoms with Gasteiger partial charge in [-0.3, -0.25) is 4.79 Å². The molecule has 92 valence electrons. The van der Waals surface area contributed by atoms with E-state index in [9.17, 15) is 4.79 Å². The van der Waals surface area contributed by atoms with Gasteiger partial charge in [0.2, 0.25) is 5.91 Å². The van der Waals surface area contributed by atoms with Crippen LogP contribution in [0.15, 0.2) is 18.6 Å². The fourth-order valence-corrected chi connectivity index (χ4v) is 1.64. The molecule has 0 unspecified atom stereocenters. The number of hydrogen-bond acceptors (Lipinski definition) is 5. The molecule has 6 nitrogen and oxygen atoms in total. The molecule has 2 heterocycles. The predicted octanol–water partition coefficient (Wildman–Crippen LogP) is -0.575. The first-order chi connectivity index (χ1) is 8.36. The summed E-state index contributed by atoms with van der Waals surface area (Å²) in [4.78, 5) is 21.5. The molecule has 0 bridgehead atoms. The van der Waals surface area contributed by atoms with E-state index in [0.29, 0.717) is 39.4 Å². The van der Waals surface area contributed by atoms with Crippen LogP contribution in [0.2, 0.25) is 0 Å². The Morgan fingerprint density at radius 1 is 1.47 bits per heavy atom. The van der Waals surface area contributed by atoms with Crippen molar-refractivity contribution in [2.24, 2.45) is 0 Å². The average molecular weight is 236 g/mol. The second-order valence-electron chi connectivity index (χ2n) is 3.80. The zero-order chi connectivity index (χ0) is 11.9. The maximum atomic E-state index is 11.8. The maximum Gasteiger partial charge on any atom is 0.236 e. The maximum absolute atomic E-state index is 11.8. The summed E-state index contributed by atoms with van der Waals surface area (Å²) < 4.78 is 5.19. The van der Waals surface area contributed by atoms with Crippen LogP contribution in [0.3, 0.4) is 0 Å². The molecule has 1 aliphatic heterocycles. The molecule has 1 N–H and O–H groups in total. The molecule has 0 spiro atoms. The number of nitrogens with one attached hydrogen (secondary N) is 1. The van der Waals surface area contributed by atoms with Crippen LogP contribution in [-0.2, 0) is 16.1 Å². The Morgan fingerprint density at radius 3 is 3.00 bits per heavy atom. The minimum atomic E-state index is 0.113. The van der Waals surface area contributed by atoms with Crippen molar-refractivity contribution >= 4 is 5.91 Å². The molecule has 1 aromatic rings. The Kier molecular flexibility index (Phi) is 4.40. The predicted molar refractivity (Wildman–Crippen MR) is 61.1 cm³/mol. The van der Waals surface area contributed by atoms with Gasteiger partial charge in [-0.05, 0) is 6.07 Å². The van der Waals surface area contributed by atoms with Crippen molar-refractivity contribution in [3.05, 3.63) is 24.3 Å². The summed E-state index contributed by atoms with van der Waals surface area (Å²) in [6.07, 6.45) is 3.19. The quantitative estimate of drug-likeness (QED) is 0.758. The third-order valence-electron chi connectivity index (χ3n) is 2.59. The third kappa shape index (κ3) is 3.76. The van der Waals surface area contributed by atoms with Crippen molar-refractivity contribution in [1.82, 2.24) is 20.2 Å². The molecule has 0 aromatic carbocycles. The molecule has 1 saturated heterocycles. The van der Waals surface area contributed by atoms with Gasteiger partial charge in [-0.25, -0.2) is 9.97 Å². The second kappa shape index (κ2) is 6.27. The molecular formula is C11H16N4O2. The minimum absolute atomic E-state index is 0.113. The number of hydrogen-bond donors (Lipinski definition) is 1. The fraction of sp³-hybridized carbons (Fsp3) is 0.545. The number of ether oxygens (including phenoxy) is 1. The minimum Gasteiger partial charge on any atom is -0.378 e. The smallest absolute Gasteiger partial charge is 0.236 e. The Morgan fingerprint density at radius 2 is 2.29 bits per heavy atom. The van der Waals surface area contributed by atoms with Gasteiger partial charge in [-0.2, -0.15) is 0 Å². The van der Waals surface area contributed by atoms with Crippen LogP contribution in [0, 0.1) is 0 Å². The van der Waals surface area contributed by atoms with E-state index in [0.717, 1.165) is 5.69 Å². The van der Waals surface area contributed by atoms with Crippen molar-refractivity contribution in [2.75, 3.05) is 32.8 Å². The summed E-state index contributed by atoms with van der Waals surface area (Å²) in [6, 6.07) is 1.83. The van der Waals surface area contributed by atoms with E-state index in [1.807, 2.05) is 11.0 Å². The molecule has 0 saturated carbocycles. The lowest BCUT2D eigenvalue weighted by Crippen LogP contribution is -2.44. The molecule has 1 fully saturated rings. The van der Waals surface area contributed by atoms with Gasteiger partial charge in [0.1, 0.15) is 6.33 Å². The summed E-state index contributed by atoms with van der Waals surface area (Å²) in [7, 11) is 0. The Hall–Kier alpha value is -1.53. The molecule has 0 atom stereocenters. The summed E-state index contributed by atoms with van der Waals surface area (Å²) in [5, 5.41) is 3.08. The largest absolute Gasteiger partial charge is 0.378 e. The van der Waals surface area contributed by atoms with E-state index in [4.69, 9.17) is 4.74 Å². The van der Waals surface area contributed by atoms with Gasteiger partial charge in [0, 0.05) is 25.8 Å². The fourth-order valence-electron chi connectivity index (χ4n) is 1.64. The van der Waals surface area contributed by atoms with E-state index < -0.39 is 0 Å². The number of rotatable bonds is 4.